The molecule has 2 fully saturated rings. The van der Waals surface area contributed by atoms with Gasteiger partial charge in [-0.2, -0.15) is 18.3 Å². The lowest BCUT2D eigenvalue weighted by atomic mass is 9.74. The number of halogens is 5. The first-order chi connectivity index (χ1) is 19.0. The first-order valence-corrected chi connectivity index (χ1v) is 14.1. The molecule has 1 aliphatic heterocycles. The van der Waals surface area contributed by atoms with Crippen LogP contribution in [0.2, 0.25) is 10.0 Å². The van der Waals surface area contributed by atoms with E-state index >= 15 is 0 Å². The number of nitrogens with zero attached hydrogens (tertiary/aromatic N) is 2. The van der Waals surface area contributed by atoms with Gasteiger partial charge in [-0.15, -0.1) is 0 Å². The Labute approximate surface area is 245 Å². The smallest absolute Gasteiger partial charge is 0.433 e. The Morgan fingerprint density at radius 1 is 1.12 bits per heavy atom. The maximum absolute atomic E-state index is 14.4. The third-order valence-corrected chi connectivity index (χ3v) is 8.77. The van der Waals surface area contributed by atoms with E-state index in [0.717, 1.165) is 10.9 Å². The molecule has 1 saturated heterocycles. The van der Waals surface area contributed by atoms with Gasteiger partial charge >= 0.3 is 12.1 Å². The first-order valence-electron chi connectivity index (χ1n) is 13.4. The fourth-order valence-corrected chi connectivity index (χ4v) is 6.28. The molecule has 8 nitrogen and oxygen atoms in total. The minimum Gasteiger partial charge on any atom is -0.481 e. The number of carbonyl (C=O) groups excluding carboxylic acids is 2. The minimum absolute atomic E-state index is 0.0572. The van der Waals surface area contributed by atoms with Crippen LogP contribution in [-0.4, -0.2) is 50.3 Å². The molecule has 2 atom stereocenters. The van der Waals surface area contributed by atoms with E-state index in [-0.39, 0.29) is 47.7 Å². The number of benzene rings is 1. The number of hydrogen-bond acceptors (Lipinski definition) is 5. The topological polar surface area (TPSA) is 111 Å². The van der Waals surface area contributed by atoms with Crippen molar-refractivity contribution in [2.24, 2.45) is 5.41 Å². The number of nitrogens with one attached hydrogen (secondary N) is 1. The average molecular weight is 618 g/mol. The number of alkyl halides is 3. The zero-order valence-electron chi connectivity index (χ0n) is 22.9. The van der Waals surface area contributed by atoms with Crippen LogP contribution < -0.4 is 5.32 Å². The van der Waals surface area contributed by atoms with Crippen LogP contribution in [-0.2, 0) is 15.7 Å². The zero-order chi connectivity index (χ0) is 30.3. The minimum atomic E-state index is -4.92. The molecule has 1 aromatic heterocycles. The van der Waals surface area contributed by atoms with Gasteiger partial charge in [-0.25, -0.2) is 0 Å². The number of Topliss-reactive ketones (excluding diaryl/α,β-unsaturated/α-hetero) is 1. The fourth-order valence-electron chi connectivity index (χ4n) is 5.67. The molecule has 41 heavy (non-hydrogen) atoms. The summed E-state index contributed by atoms with van der Waals surface area (Å²) in [6.07, 6.45) is -3.23. The summed E-state index contributed by atoms with van der Waals surface area (Å²) in [4.78, 5) is 38.3. The van der Waals surface area contributed by atoms with Crippen LogP contribution >= 0.6 is 23.2 Å². The summed E-state index contributed by atoms with van der Waals surface area (Å²) in [7, 11) is 0. The first kappa shape index (κ1) is 31.3. The number of carbonyl (C=O) groups is 3. The van der Waals surface area contributed by atoms with E-state index < -0.39 is 64.3 Å². The molecule has 13 heteroatoms. The number of carboxylic acid groups (broad SMARTS) is 1. The molecule has 224 valence electrons. The van der Waals surface area contributed by atoms with Gasteiger partial charge in [-0.05, 0) is 71.4 Å². The third kappa shape index (κ3) is 6.73. The third-order valence-electron chi connectivity index (χ3n) is 8.14. The number of aliphatic carboxylic acids is 1. The Hall–Kier alpha value is -2.63. The van der Waals surface area contributed by atoms with E-state index in [1.54, 1.807) is 13.0 Å². The van der Waals surface area contributed by atoms with Gasteiger partial charge in [0, 0.05) is 6.42 Å². The van der Waals surface area contributed by atoms with E-state index in [9.17, 15) is 32.7 Å². The number of hydrogen-bond donors (Lipinski definition) is 2. The van der Waals surface area contributed by atoms with Crippen LogP contribution in [0.15, 0.2) is 24.4 Å². The van der Waals surface area contributed by atoms with Crippen molar-refractivity contribution >= 4 is 40.9 Å². The highest BCUT2D eigenvalue weighted by molar-refractivity contribution is 6.39. The zero-order valence-corrected chi connectivity index (χ0v) is 24.4. The van der Waals surface area contributed by atoms with Crippen molar-refractivity contribution in [3.63, 3.8) is 0 Å². The Kier molecular flexibility index (Phi) is 8.83. The Morgan fingerprint density at radius 2 is 1.73 bits per heavy atom. The molecule has 1 unspecified atom stereocenters. The molecule has 1 saturated carbocycles. The largest absolute Gasteiger partial charge is 0.481 e. The summed E-state index contributed by atoms with van der Waals surface area (Å²) in [5.41, 5.74) is -3.42. The Bertz CT molecular complexity index is 1320. The molecule has 1 aromatic carbocycles. The van der Waals surface area contributed by atoms with Gasteiger partial charge in [0.1, 0.15) is 0 Å². The summed E-state index contributed by atoms with van der Waals surface area (Å²) in [5.74, 6) is -2.54. The number of carboxylic acids is 1. The maximum Gasteiger partial charge on any atom is 0.433 e. The van der Waals surface area contributed by atoms with Crippen LogP contribution in [0.5, 0.6) is 0 Å². The maximum atomic E-state index is 14.4. The van der Waals surface area contributed by atoms with Gasteiger partial charge < -0.3 is 15.2 Å². The molecule has 2 aliphatic rings. The van der Waals surface area contributed by atoms with Crippen LogP contribution in [0.3, 0.4) is 0 Å². The van der Waals surface area contributed by atoms with Crippen LogP contribution in [0.1, 0.15) is 98.2 Å². The molecular weight excluding hydrogens is 586 g/mol. The van der Waals surface area contributed by atoms with E-state index in [0.29, 0.717) is 12.8 Å². The summed E-state index contributed by atoms with van der Waals surface area (Å²) < 4.78 is 49.9. The van der Waals surface area contributed by atoms with Crippen LogP contribution in [0, 0.1) is 5.41 Å². The highest BCUT2D eigenvalue weighted by Crippen LogP contribution is 2.43. The van der Waals surface area contributed by atoms with Crippen molar-refractivity contribution in [3.05, 3.63) is 51.3 Å². The van der Waals surface area contributed by atoms with E-state index in [1.165, 1.54) is 12.1 Å². The average Bonchev–Trinajstić information content (AvgIpc) is 3.47. The molecule has 1 amide bonds. The van der Waals surface area contributed by atoms with E-state index in [2.05, 4.69) is 10.4 Å². The molecule has 1 aliphatic carbocycles. The van der Waals surface area contributed by atoms with Crippen LogP contribution in [0.4, 0.5) is 13.2 Å². The van der Waals surface area contributed by atoms with E-state index in [4.69, 9.17) is 27.9 Å². The van der Waals surface area contributed by atoms with Gasteiger partial charge in [0.25, 0.3) is 5.91 Å². The molecule has 0 bridgehead atoms. The lowest BCUT2D eigenvalue weighted by Gasteiger charge is -2.34. The Balaban J connectivity index is 1.62. The predicted octanol–water partition coefficient (Wildman–Crippen LogP) is 6.74. The second-order valence-electron chi connectivity index (χ2n) is 11.7. The standard InChI is InChI=1S/C28H32Cl2F3N3O5/c1-26(2)10-9-21(41-26)19(13-20(37)22-17(29)5-4-6-18(22)30)35-24(38)16-14-34-36(23(16)28(31,32)33)15-7-11-27(3,12-8-15)25(39)40/h4-6,14-15,19,21H,7-13H2,1-3H3,(H,35,38)(H,39,40)/t15?,19?,21-,27?/m1/s1. The van der Waals surface area contributed by atoms with Crippen molar-refractivity contribution in [2.75, 3.05) is 0 Å². The summed E-state index contributed by atoms with van der Waals surface area (Å²) in [5, 5.41) is 16.3. The fraction of sp³-hybridized carbons (Fsp3) is 0.571. The number of aromatic nitrogens is 2. The molecule has 2 N–H and O–H groups in total. The predicted molar refractivity (Wildman–Crippen MR) is 145 cm³/mol. The lowest BCUT2D eigenvalue weighted by molar-refractivity contribution is -0.152. The Morgan fingerprint density at radius 3 is 2.24 bits per heavy atom. The normalized spacial score (nSPS) is 25.1. The molecule has 4 rings (SSSR count). The number of ketones is 1. The van der Waals surface area contributed by atoms with Gasteiger partial charge in [-0.1, -0.05) is 29.3 Å². The molecular formula is C28H32Cl2F3N3O5. The quantitative estimate of drug-likeness (QED) is 0.317. The van der Waals surface area contributed by atoms with Crippen molar-refractivity contribution in [1.29, 1.82) is 0 Å². The molecule has 2 heterocycles. The summed E-state index contributed by atoms with van der Waals surface area (Å²) >= 11 is 12.4. The molecule has 2 aromatic rings. The van der Waals surface area contributed by atoms with Crippen molar-refractivity contribution in [3.8, 4) is 0 Å². The number of rotatable bonds is 8. The molecule has 0 radical (unpaired) electrons. The van der Waals surface area contributed by atoms with Crippen molar-refractivity contribution in [1.82, 2.24) is 15.1 Å². The lowest BCUT2D eigenvalue weighted by Crippen LogP contribution is -2.45. The van der Waals surface area contributed by atoms with E-state index in [1.807, 2.05) is 13.8 Å². The van der Waals surface area contributed by atoms with Crippen molar-refractivity contribution < 1.29 is 37.4 Å². The van der Waals surface area contributed by atoms with Gasteiger partial charge in [-0.3, -0.25) is 19.1 Å². The van der Waals surface area contributed by atoms with Gasteiger partial charge in [0.2, 0.25) is 0 Å². The summed E-state index contributed by atoms with van der Waals surface area (Å²) in [6.45, 7) is 5.27. The SMILES string of the molecule is CC1(C)CC[C@H](C(CC(=O)c2c(Cl)cccc2Cl)NC(=O)c2cnn(C3CCC(C)(C(=O)O)CC3)c2C(F)(F)F)O1. The summed E-state index contributed by atoms with van der Waals surface area (Å²) in [6, 6.07) is 2.88. The van der Waals surface area contributed by atoms with Crippen LogP contribution in [0.25, 0.3) is 0 Å². The van der Waals surface area contributed by atoms with Gasteiger partial charge in [0.05, 0.1) is 56.6 Å². The van der Waals surface area contributed by atoms with Crippen molar-refractivity contribution in [2.45, 2.75) is 95.7 Å². The van der Waals surface area contributed by atoms with Gasteiger partial charge in [0.15, 0.2) is 11.5 Å². The second kappa shape index (κ2) is 11.6. The second-order valence-corrected chi connectivity index (χ2v) is 12.5. The highest BCUT2D eigenvalue weighted by atomic mass is 35.5. The highest BCUT2D eigenvalue weighted by Gasteiger charge is 2.45. The monoisotopic (exact) mass is 617 g/mol. The number of amides is 1. The molecule has 0 spiro atoms. The number of ether oxygens (including phenoxy) is 1.